The van der Waals surface area contributed by atoms with E-state index >= 15 is 0 Å². The maximum atomic E-state index is 12.4. The maximum absolute atomic E-state index is 12.4. The van der Waals surface area contributed by atoms with Crippen molar-refractivity contribution in [3.8, 4) is 0 Å². The highest BCUT2D eigenvalue weighted by molar-refractivity contribution is 7.88. The number of nitrogens with zero attached hydrogens (tertiary/aromatic N) is 3. The summed E-state index contributed by atoms with van der Waals surface area (Å²) in [5.74, 6) is 0.0172. The lowest BCUT2D eigenvalue weighted by molar-refractivity contribution is -0.131. The average molecular weight is 295 g/mol. The van der Waals surface area contributed by atoms with E-state index in [4.69, 9.17) is 0 Å². The summed E-state index contributed by atoms with van der Waals surface area (Å²) < 4.78 is 24.5. The molecule has 108 valence electrons. The Kier molecular flexibility index (Phi) is 3.25. The van der Waals surface area contributed by atoms with Gasteiger partial charge in [0.2, 0.25) is 15.9 Å². The van der Waals surface area contributed by atoms with Crippen LogP contribution in [0, 0.1) is 11.8 Å². The monoisotopic (exact) mass is 295 g/mol. The zero-order valence-corrected chi connectivity index (χ0v) is 12.1. The molecule has 0 saturated carbocycles. The van der Waals surface area contributed by atoms with Crippen LogP contribution in [0.25, 0.3) is 0 Å². The lowest BCUT2D eigenvalue weighted by Gasteiger charge is -2.20. The van der Waals surface area contributed by atoms with E-state index < -0.39 is 10.0 Å². The van der Waals surface area contributed by atoms with Gasteiger partial charge in [0.1, 0.15) is 0 Å². The zero-order chi connectivity index (χ0) is 14.3. The summed E-state index contributed by atoms with van der Waals surface area (Å²) in [6.07, 6.45) is 4.62. The molecular weight excluding hydrogens is 278 g/mol. The van der Waals surface area contributed by atoms with Gasteiger partial charge >= 0.3 is 0 Å². The van der Waals surface area contributed by atoms with Crippen molar-refractivity contribution in [2.24, 2.45) is 11.8 Å². The normalized spacial score (nSPS) is 27.1. The number of pyridine rings is 1. The first-order valence-electron chi connectivity index (χ1n) is 6.58. The third-order valence-electron chi connectivity index (χ3n) is 4.08. The minimum Gasteiger partial charge on any atom is -0.338 e. The van der Waals surface area contributed by atoms with Crippen LogP contribution in [0.4, 0.5) is 0 Å². The van der Waals surface area contributed by atoms with Crippen LogP contribution in [-0.4, -0.2) is 54.4 Å². The predicted octanol–water partition coefficient (Wildman–Crippen LogP) is -0.0686. The van der Waals surface area contributed by atoms with Gasteiger partial charge in [-0.25, -0.2) is 12.7 Å². The van der Waals surface area contributed by atoms with E-state index in [1.54, 1.807) is 12.4 Å². The zero-order valence-electron chi connectivity index (χ0n) is 11.3. The first kappa shape index (κ1) is 13.5. The van der Waals surface area contributed by atoms with Crippen molar-refractivity contribution in [1.29, 1.82) is 0 Å². The van der Waals surface area contributed by atoms with Crippen LogP contribution in [0.15, 0.2) is 24.5 Å². The van der Waals surface area contributed by atoms with Gasteiger partial charge in [0.25, 0.3) is 0 Å². The smallest absolute Gasteiger partial charge is 0.227 e. The van der Waals surface area contributed by atoms with Crippen molar-refractivity contribution in [2.75, 3.05) is 25.9 Å². The molecule has 1 amide bonds. The molecule has 2 fully saturated rings. The topological polar surface area (TPSA) is 70.6 Å². The Morgan fingerprint density at radius 2 is 1.95 bits per heavy atom. The number of aromatic nitrogens is 1. The molecule has 1 aromatic rings. The molecule has 0 radical (unpaired) electrons. The first-order valence-corrected chi connectivity index (χ1v) is 8.43. The number of sulfonamides is 1. The SMILES string of the molecule is CS(=O)(=O)N1C[C@@H]2CN(Cc3ccncc3)C(=O)[C@@H]2C1. The summed E-state index contributed by atoms with van der Waals surface area (Å²) in [6.45, 7) is 2.00. The molecule has 1 aromatic heterocycles. The highest BCUT2D eigenvalue weighted by Crippen LogP contribution is 2.33. The molecular formula is C13H17N3O3S. The van der Waals surface area contributed by atoms with Crippen molar-refractivity contribution < 1.29 is 13.2 Å². The van der Waals surface area contributed by atoms with Crippen molar-refractivity contribution in [3.63, 3.8) is 0 Å². The minimum atomic E-state index is -3.19. The second-order valence-corrected chi connectivity index (χ2v) is 7.50. The molecule has 2 atom stereocenters. The Balaban J connectivity index is 1.69. The van der Waals surface area contributed by atoms with Crippen LogP contribution in [0.3, 0.4) is 0 Å². The van der Waals surface area contributed by atoms with E-state index in [1.807, 2.05) is 17.0 Å². The van der Waals surface area contributed by atoms with Gasteiger partial charge in [-0.05, 0) is 17.7 Å². The molecule has 3 rings (SSSR count). The summed E-state index contributed by atoms with van der Waals surface area (Å²) >= 11 is 0. The average Bonchev–Trinajstić information content (AvgIpc) is 2.92. The van der Waals surface area contributed by atoms with E-state index in [2.05, 4.69) is 4.98 Å². The second kappa shape index (κ2) is 4.82. The lowest BCUT2D eigenvalue weighted by Crippen LogP contribution is -2.34. The summed E-state index contributed by atoms with van der Waals surface area (Å²) in [5, 5.41) is 0. The van der Waals surface area contributed by atoms with Crippen LogP contribution < -0.4 is 0 Å². The van der Waals surface area contributed by atoms with Crippen LogP contribution in [0.1, 0.15) is 5.56 Å². The fraction of sp³-hybridized carbons (Fsp3) is 0.538. The van der Waals surface area contributed by atoms with E-state index in [-0.39, 0.29) is 17.7 Å². The van der Waals surface area contributed by atoms with Gasteiger partial charge in [-0.15, -0.1) is 0 Å². The van der Waals surface area contributed by atoms with E-state index in [1.165, 1.54) is 10.6 Å². The van der Waals surface area contributed by atoms with E-state index in [0.717, 1.165) is 5.56 Å². The number of hydrogen-bond acceptors (Lipinski definition) is 4. The van der Waals surface area contributed by atoms with Crippen molar-refractivity contribution >= 4 is 15.9 Å². The first-order chi connectivity index (χ1) is 9.45. The Labute approximate surface area is 118 Å². The fourth-order valence-electron chi connectivity index (χ4n) is 3.03. The molecule has 2 saturated heterocycles. The van der Waals surface area contributed by atoms with E-state index in [9.17, 15) is 13.2 Å². The Morgan fingerprint density at radius 1 is 1.25 bits per heavy atom. The number of carbonyl (C=O) groups excluding carboxylic acids is 1. The molecule has 6 nitrogen and oxygen atoms in total. The Morgan fingerprint density at radius 3 is 2.55 bits per heavy atom. The fourth-order valence-corrected chi connectivity index (χ4v) is 3.92. The third-order valence-corrected chi connectivity index (χ3v) is 5.32. The van der Waals surface area contributed by atoms with Gasteiger partial charge in [-0.1, -0.05) is 0 Å². The van der Waals surface area contributed by atoms with Crippen LogP contribution in [-0.2, 0) is 21.4 Å². The molecule has 2 aliphatic rings. The number of amides is 1. The Bertz CT molecular complexity index is 617. The summed E-state index contributed by atoms with van der Waals surface area (Å²) in [5.41, 5.74) is 1.05. The summed E-state index contributed by atoms with van der Waals surface area (Å²) in [6, 6.07) is 3.79. The molecule has 0 aliphatic carbocycles. The van der Waals surface area contributed by atoms with Crippen molar-refractivity contribution in [2.45, 2.75) is 6.54 Å². The third kappa shape index (κ3) is 2.43. The van der Waals surface area contributed by atoms with Gasteiger partial charge in [0.05, 0.1) is 12.2 Å². The summed E-state index contributed by atoms with van der Waals surface area (Å²) in [7, 11) is -3.19. The van der Waals surface area contributed by atoms with Crippen molar-refractivity contribution in [1.82, 2.24) is 14.2 Å². The number of carbonyl (C=O) groups is 1. The maximum Gasteiger partial charge on any atom is 0.227 e. The largest absolute Gasteiger partial charge is 0.338 e. The van der Waals surface area contributed by atoms with Gasteiger partial charge in [0.15, 0.2) is 0 Å². The van der Waals surface area contributed by atoms with Crippen molar-refractivity contribution in [3.05, 3.63) is 30.1 Å². The molecule has 0 bridgehead atoms. The molecule has 7 heteroatoms. The number of fused-ring (bicyclic) bond motifs is 1. The quantitative estimate of drug-likeness (QED) is 0.783. The van der Waals surface area contributed by atoms with Gasteiger partial charge in [0, 0.05) is 44.5 Å². The second-order valence-electron chi connectivity index (χ2n) is 5.52. The summed E-state index contributed by atoms with van der Waals surface area (Å²) in [4.78, 5) is 18.1. The van der Waals surface area contributed by atoms with Crippen LogP contribution in [0.2, 0.25) is 0 Å². The number of rotatable bonds is 3. The molecule has 3 heterocycles. The molecule has 0 N–H and O–H groups in total. The van der Waals surface area contributed by atoms with Crippen LogP contribution in [0.5, 0.6) is 0 Å². The van der Waals surface area contributed by atoms with Gasteiger partial charge in [-0.2, -0.15) is 0 Å². The van der Waals surface area contributed by atoms with Gasteiger partial charge < -0.3 is 4.90 Å². The molecule has 20 heavy (non-hydrogen) atoms. The Hall–Kier alpha value is -1.47. The van der Waals surface area contributed by atoms with Gasteiger partial charge in [-0.3, -0.25) is 9.78 Å². The number of likely N-dealkylation sites (tertiary alicyclic amines) is 1. The minimum absolute atomic E-state index is 0.0676. The predicted molar refractivity (Wildman–Crippen MR) is 73.1 cm³/mol. The van der Waals surface area contributed by atoms with E-state index in [0.29, 0.717) is 26.2 Å². The number of hydrogen-bond donors (Lipinski definition) is 0. The molecule has 2 aliphatic heterocycles. The molecule has 0 aromatic carbocycles. The van der Waals surface area contributed by atoms with Crippen LogP contribution >= 0.6 is 0 Å². The molecule has 0 spiro atoms. The molecule has 0 unspecified atom stereocenters. The highest BCUT2D eigenvalue weighted by Gasteiger charge is 2.48. The highest BCUT2D eigenvalue weighted by atomic mass is 32.2. The standard InChI is InChI=1S/C13H17N3O3S/c1-20(18,19)16-8-11-7-15(13(17)12(11)9-16)6-10-2-4-14-5-3-10/h2-5,11-12H,6-9H2,1H3/t11-,12+/m0/s1. The lowest BCUT2D eigenvalue weighted by atomic mass is 10.0.